The highest BCUT2D eigenvalue weighted by molar-refractivity contribution is 7.13. The van der Waals surface area contributed by atoms with Gasteiger partial charge in [-0.2, -0.15) is 0 Å². The van der Waals surface area contributed by atoms with Crippen molar-refractivity contribution in [1.29, 1.82) is 0 Å². The van der Waals surface area contributed by atoms with E-state index in [9.17, 15) is 4.79 Å². The summed E-state index contributed by atoms with van der Waals surface area (Å²) in [4.78, 5) is 13.1. The van der Waals surface area contributed by atoms with E-state index in [0.29, 0.717) is 11.3 Å². The predicted octanol–water partition coefficient (Wildman–Crippen LogP) is 2.82. The van der Waals surface area contributed by atoms with Crippen LogP contribution in [0.1, 0.15) is 36.2 Å². The Labute approximate surface area is 115 Å². The zero-order valence-electron chi connectivity index (χ0n) is 11.2. The summed E-state index contributed by atoms with van der Waals surface area (Å²) in [5, 5.41) is 8.75. The van der Waals surface area contributed by atoms with Crippen molar-refractivity contribution < 1.29 is 9.32 Å². The summed E-state index contributed by atoms with van der Waals surface area (Å²) in [7, 11) is 0. The normalized spacial score (nSPS) is 12.4. The predicted molar refractivity (Wildman–Crippen MR) is 76.2 cm³/mol. The molecule has 0 aliphatic carbocycles. The third kappa shape index (κ3) is 2.63. The van der Waals surface area contributed by atoms with Gasteiger partial charge in [0.1, 0.15) is 11.3 Å². The Morgan fingerprint density at radius 1 is 1.63 bits per heavy atom. The van der Waals surface area contributed by atoms with Gasteiger partial charge in [0, 0.05) is 6.04 Å². The number of hydrogen-bond acceptors (Lipinski definition) is 5. The van der Waals surface area contributed by atoms with Crippen molar-refractivity contribution in [1.82, 2.24) is 10.5 Å². The number of amides is 1. The number of carbonyl (C=O) groups excluding carboxylic acids is 1. The average Bonchev–Trinajstić information content (AvgIpc) is 2.94. The number of nitrogens with one attached hydrogen (secondary N) is 1. The van der Waals surface area contributed by atoms with Gasteiger partial charge in [-0.05, 0) is 37.3 Å². The fourth-order valence-corrected chi connectivity index (χ4v) is 2.60. The van der Waals surface area contributed by atoms with Gasteiger partial charge in [-0.25, -0.2) is 0 Å². The first kappa shape index (κ1) is 13.6. The van der Waals surface area contributed by atoms with Crippen LogP contribution in [-0.4, -0.2) is 17.1 Å². The molecular weight excluding hydrogens is 262 g/mol. The van der Waals surface area contributed by atoms with Gasteiger partial charge in [0.2, 0.25) is 5.88 Å². The van der Waals surface area contributed by atoms with Crippen LogP contribution in [0.15, 0.2) is 16.0 Å². The van der Waals surface area contributed by atoms with Crippen LogP contribution in [0, 0.1) is 6.92 Å². The van der Waals surface area contributed by atoms with Crippen LogP contribution in [0.3, 0.4) is 0 Å². The fraction of sp³-hybridized carbons (Fsp3) is 0.385. The standard InChI is InChI=1S/C13H17N3O2S/c1-4-8(3)15-13(17)9-10(16-18-12(9)14)11-7(2)5-6-19-11/h5-6,8H,4,14H2,1-3H3,(H,15,17). The zero-order chi connectivity index (χ0) is 14.0. The van der Waals surface area contributed by atoms with Crippen LogP contribution in [0.5, 0.6) is 0 Å². The average molecular weight is 279 g/mol. The highest BCUT2D eigenvalue weighted by Crippen LogP contribution is 2.33. The summed E-state index contributed by atoms with van der Waals surface area (Å²) in [6.45, 7) is 5.91. The lowest BCUT2D eigenvalue weighted by Gasteiger charge is -2.10. The number of rotatable bonds is 4. The Morgan fingerprint density at radius 3 is 2.95 bits per heavy atom. The van der Waals surface area contributed by atoms with Gasteiger partial charge in [-0.15, -0.1) is 11.3 Å². The van der Waals surface area contributed by atoms with Crippen molar-refractivity contribution in [3.05, 3.63) is 22.6 Å². The van der Waals surface area contributed by atoms with Crippen LogP contribution in [-0.2, 0) is 0 Å². The summed E-state index contributed by atoms with van der Waals surface area (Å²) in [6, 6.07) is 2.06. The van der Waals surface area contributed by atoms with Crippen molar-refractivity contribution in [3.8, 4) is 10.6 Å². The lowest BCUT2D eigenvalue weighted by Crippen LogP contribution is -2.32. The van der Waals surface area contributed by atoms with E-state index in [1.54, 1.807) is 0 Å². The minimum atomic E-state index is -0.240. The number of thiophene rings is 1. The van der Waals surface area contributed by atoms with Crippen LogP contribution in [0.2, 0.25) is 0 Å². The molecule has 1 amide bonds. The van der Waals surface area contributed by atoms with E-state index in [1.165, 1.54) is 11.3 Å². The summed E-state index contributed by atoms with van der Waals surface area (Å²) in [6.07, 6.45) is 0.851. The monoisotopic (exact) mass is 279 g/mol. The smallest absolute Gasteiger partial charge is 0.259 e. The number of aromatic nitrogens is 1. The molecular formula is C13H17N3O2S. The number of nitrogens with zero attached hydrogens (tertiary/aromatic N) is 1. The van der Waals surface area contributed by atoms with Crippen molar-refractivity contribution in [2.24, 2.45) is 0 Å². The van der Waals surface area contributed by atoms with E-state index < -0.39 is 0 Å². The molecule has 1 unspecified atom stereocenters. The summed E-state index contributed by atoms with van der Waals surface area (Å²) >= 11 is 1.51. The molecule has 6 heteroatoms. The summed E-state index contributed by atoms with van der Waals surface area (Å²) < 4.78 is 4.98. The van der Waals surface area contributed by atoms with E-state index >= 15 is 0 Å². The third-order valence-corrected chi connectivity index (χ3v) is 4.04. The second-order valence-corrected chi connectivity index (χ2v) is 5.40. The second kappa shape index (κ2) is 5.44. The molecule has 0 aliphatic heterocycles. The molecule has 102 valence electrons. The van der Waals surface area contributed by atoms with Crippen LogP contribution < -0.4 is 11.1 Å². The second-order valence-electron chi connectivity index (χ2n) is 4.49. The van der Waals surface area contributed by atoms with E-state index in [0.717, 1.165) is 16.9 Å². The lowest BCUT2D eigenvalue weighted by molar-refractivity contribution is 0.0940. The number of hydrogen-bond donors (Lipinski definition) is 2. The Hall–Kier alpha value is -1.82. The Bertz CT molecular complexity index is 588. The number of carbonyl (C=O) groups is 1. The first-order valence-corrected chi connectivity index (χ1v) is 7.03. The van der Waals surface area contributed by atoms with E-state index in [1.807, 2.05) is 32.2 Å². The largest absolute Gasteiger partial charge is 0.367 e. The Morgan fingerprint density at radius 2 is 2.37 bits per heavy atom. The highest BCUT2D eigenvalue weighted by Gasteiger charge is 2.24. The van der Waals surface area contributed by atoms with E-state index in [-0.39, 0.29) is 17.8 Å². The molecule has 0 aromatic carbocycles. The molecule has 0 fully saturated rings. The zero-order valence-corrected chi connectivity index (χ0v) is 12.0. The molecule has 0 radical (unpaired) electrons. The van der Waals surface area contributed by atoms with Gasteiger partial charge in [0.15, 0.2) is 0 Å². The SMILES string of the molecule is CCC(C)NC(=O)c1c(-c2sccc2C)noc1N. The summed E-state index contributed by atoms with van der Waals surface area (Å²) in [5.74, 6) is -0.181. The molecule has 2 aromatic rings. The summed E-state index contributed by atoms with van der Waals surface area (Å²) in [5.41, 5.74) is 7.63. The first-order chi connectivity index (χ1) is 9.04. The van der Waals surface area contributed by atoms with Crippen molar-refractivity contribution in [2.45, 2.75) is 33.2 Å². The van der Waals surface area contributed by atoms with Gasteiger partial charge in [0.05, 0.1) is 4.88 Å². The minimum Gasteiger partial charge on any atom is -0.367 e. The molecule has 2 rings (SSSR count). The molecule has 2 aromatic heterocycles. The molecule has 0 saturated heterocycles. The van der Waals surface area contributed by atoms with Crippen LogP contribution >= 0.6 is 11.3 Å². The molecule has 0 bridgehead atoms. The molecule has 1 atom stereocenters. The van der Waals surface area contributed by atoms with Crippen molar-refractivity contribution in [2.75, 3.05) is 5.73 Å². The van der Waals surface area contributed by atoms with Crippen LogP contribution in [0.25, 0.3) is 10.6 Å². The van der Waals surface area contributed by atoms with Crippen LogP contribution in [0.4, 0.5) is 5.88 Å². The van der Waals surface area contributed by atoms with E-state index in [4.69, 9.17) is 10.3 Å². The molecule has 0 aliphatic rings. The van der Waals surface area contributed by atoms with Gasteiger partial charge in [0.25, 0.3) is 5.91 Å². The topological polar surface area (TPSA) is 81.2 Å². The number of aryl methyl sites for hydroxylation is 1. The Kier molecular flexibility index (Phi) is 3.90. The van der Waals surface area contributed by atoms with E-state index in [2.05, 4.69) is 10.5 Å². The molecule has 2 heterocycles. The number of nitrogens with two attached hydrogens (primary N) is 1. The molecule has 19 heavy (non-hydrogen) atoms. The molecule has 0 saturated carbocycles. The maximum absolute atomic E-state index is 12.2. The third-order valence-electron chi connectivity index (χ3n) is 3.01. The maximum atomic E-state index is 12.2. The Balaban J connectivity index is 2.38. The lowest BCUT2D eigenvalue weighted by atomic mass is 10.1. The fourth-order valence-electron chi connectivity index (χ4n) is 1.69. The minimum absolute atomic E-state index is 0.0589. The van der Waals surface area contributed by atoms with Gasteiger partial charge >= 0.3 is 0 Å². The van der Waals surface area contributed by atoms with Gasteiger partial charge < -0.3 is 15.6 Å². The quantitative estimate of drug-likeness (QED) is 0.901. The number of anilines is 1. The van der Waals surface area contributed by atoms with Gasteiger partial charge in [-0.1, -0.05) is 12.1 Å². The molecule has 3 N–H and O–H groups in total. The van der Waals surface area contributed by atoms with Gasteiger partial charge in [-0.3, -0.25) is 4.79 Å². The first-order valence-electron chi connectivity index (χ1n) is 6.15. The van der Waals surface area contributed by atoms with Crippen molar-refractivity contribution >= 4 is 23.1 Å². The molecule has 0 spiro atoms. The van der Waals surface area contributed by atoms with Crippen molar-refractivity contribution in [3.63, 3.8) is 0 Å². The highest BCUT2D eigenvalue weighted by atomic mass is 32.1. The maximum Gasteiger partial charge on any atom is 0.259 e. The number of nitrogen functional groups attached to an aromatic ring is 1. The molecule has 5 nitrogen and oxygen atoms in total.